The summed E-state index contributed by atoms with van der Waals surface area (Å²) in [5, 5.41) is 4.60. The van der Waals surface area contributed by atoms with Crippen LogP contribution in [0.4, 0.5) is 4.79 Å². The number of fused-ring (bicyclic) bond motifs is 1. The highest BCUT2D eigenvalue weighted by atomic mass is 16.5. The van der Waals surface area contributed by atoms with Crippen LogP contribution in [-0.4, -0.2) is 53.8 Å². The lowest BCUT2D eigenvalue weighted by Crippen LogP contribution is -2.54. The van der Waals surface area contributed by atoms with Crippen LogP contribution in [0, 0.1) is 0 Å². The fourth-order valence-electron chi connectivity index (χ4n) is 3.30. The molecule has 0 aliphatic carbocycles. The molecule has 2 unspecified atom stereocenters. The summed E-state index contributed by atoms with van der Waals surface area (Å²) in [6.45, 7) is 1.93. The second kappa shape index (κ2) is 7.77. The van der Waals surface area contributed by atoms with E-state index in [0.29, 0.717) is 12.1 Å². The molecule has 2 aliphatic heterocycles. The second-order valence-electron chi connectivity index (χ2n) is 6.45. The number of hydrogen-bond donors (Lipinski definition) is 3. The van der Waals surface area contributed by atoms with E-state index in [-0.39, 0.29) is 30.6 Å². The lowest BCUT2D eigenvalue weighted by atomic mass is 9.98. The SMILES string of the molecule is CCNC(=O)OCC(N)c1cccc2c1C(=O)N(C1CCC(=O)NC1=O)C2=O. The molecule has 2 heterocycles. The number of nitrogens with zero attached hydrogens (tertiary/aromatic N) is 1. The molecule has 0 aromatic heterocycles. The van der Waals surface area contributed by atoms with Crippen LogP contribution in [0.5, 0.6) is 0 Å². The number of ether oxygens (including phenoxy) is 1. The van der Waals surface area contributed by atoms with Crippen molar-refractivity contribution in [1.82, 2.24) is 15.5 Å². The Morgan fingerprint density at radius 3 is 2.75 bits per heavy atom. The van der Waals surface area contributed by atoms with Crippen molar-refractivity contribution < 1.29 is 28.7 Å². The fraction of sp³-hybridized carbons (Fsp3) is 0.389. The molecule has 2 atom stereocenters. The molecule has 10 heteroatoms. The van der Waals surface area contributed by atoms with Gasteiger partial charge in [0.1, 0.15) is 12.6 Å². The van der Waals surface area contributed by atoms with Crippen molar-refractivity contribution in [1.29, 1.82) is 0 Å². The molecule has 2 aliphatic rings. The minimum atomic E-state index is -1.05. The number of nitrogens with two attached hydrogens (primary N) is 1. The lowest BCUT2D eigenvalue weighted by molar-refractivity contribution is -0.136. The highest BCUT2D eigenvalue weighted by Crippen LogP contribution is 2.32. The van der Waals surface area contributed by atoms with Crippen LogP contribution >= 0.6 is 0 Å². The minimum Gasteiger partial charge on any atom is -0.448 e. The third-order valence-electron chi connectivity index (χ3n) is 4.61. The summed E-state index contributed by atoms with van der Waals surface area (Å²) in [5.74, 6) is -2.40. The first-order chi connectivity index (χ1) is 13.3. The zero-order valence-electron chi connectivity index (χ0n) is 15.2. The largest absolute Gasteiger partial charge is 0.448 e. The van der Waals surface area contributed by atoms with Crippen LogP contribution in [0.15, 0.2) is 18.2 Å². The number of benzene rings is 1. The van der Waals surface area contributed by atoms with Crippen molar-refractivity contribution in [2.75, 3.05) is 13.2 Å². The van der Waals surface area contributed by atoms with E-state index in [1.807, 2.05) is 0 Å². The monoisotopic (exact) mass is 388 g/mol. The van der Waals surface area contributed by atoms with Crippen LogP contribution in [0.1, 0.15) is 52.1 Å². The van der Waals surface area contributed by atoms with Crippen molar-refractivity contribution in [3.63, 3.8) is 0 Å². The van der Waals surface area contributed by atoms with Gasteiger partial charge in [0.2, 0.25) is 11.8 Å². The molecule has 0 saturated carbocycles. The number of alkyl carbamates (subject to hydrolysis) is 1. The Labute approximate surface area is 160 Å². The van der Waals surface area contributed by atoms with E-state index in [9.17, 15) is 24.0 Å². The normalized spacial score (nSPS) is 19.9. The van der Waals surface area contributed by atoms with Gasteiger partial charge in [-0.1, -0.05) is 12.1 Å². The lowest BCUT2D eigenvalue weighted by Gasteiger charge is -2.28. The van der Waals surface area contributed by atoms with E-state index in [2.05, 4.69) is 10.6 Å². The molecule has 4 N–H and O–H groups in total. The van der Waals surface area contributed by atoms with Gasteiger partial charge in [-0.05, 0) is 25.0 Å². The summed E-state index contributed by atoms with van der Waals surface area (Å²) in [7, 11) is 0. The molecule has 28 heavy (non-hydrogen) atoms. The number of carbonyl (C=O) groups excluding carboxylic acids is 5. The molecule has 148 valence electrons. The van der Waals surface area contributed by atoms with Gasteiger partial charge in [0.25, 0.3) is 11.8 Å². The van der Waals surface area contributed by atoms with Gasteiger partial charge in [0.15, 0.2) is 0 Å². The summed E-state index contributed by atoms with van der Waals surface area (Å²) >= 11 is 0. The Bertz CT molecular complexity index is 868. The topological polar surface area (TPSA) is 148 Å². The van der Waals surface area contributed by atoms with Gasteiger partial charge in [-0.15, -0.1) is 0 Å². The standard InChI is InChI=1S/C18H20N4O6/c1-2-20-18(27)28-8-11(19)9-4-3-5-10-14(9)17(26)22(16(10)25)12-6-7-13(23)21-15(12)24/h3-5,11-12H,2,6-8,19H2,1H3,(H,20,27)(H,21,23,24). The molecule has 1 aromatic rings. The predicted octanol–water partition coefficient (Wildman–Crippen LogP) is -0.166. The van der Waals surface area contributed by atoms with Crippen LogP contribution in [0.2, 0.25) is 0 Å². The Hall–Kier alpha value is -3.27. The van der Waals surface area contributed by atoms with E-state index in [1.165, 1.54) is 6.07 Å². The van der Waals surface area contributed by atoms with Crippen molar-refractivity contribution in [3.8, 4) is 0 Å². The van der Waals surface area contributed by atoms with E-state index < -0.39 is 41.8 Å². The van der Waals surface area contributed by atoms with Crippen molar-refractivity contribution in [2.24, 2.45) is 5.73 Å². The number of rotatable bonds is 5. The molecular weight excluding hydrogens is 368 g/mol. The zero-order chi connectivity index (χ0) is 20.4. The van der Waals surface area contributed by atoms with Crippen molar-refractivity contribution >= 4 is 29.7 Å². The average molecular weight is 388 g/mol. The Kier molecular flexibility index (Phi) is 5.41. The first-order valence-corrected chi connectivity index (χ1v) is 8.85. The zero-order valence-corrected chi connectivity index (χ0v) is 15.2. The molecule has 0 bridgehead atoms. The van der Waals surface area contributed by atoms with E-state index >= 15 is 0 Å². The van der Waals surface area contributed by atoms with Crippen LogP contribution in [-0.2, 0) is 14.3 Å². The summed E-state index contributed by atoms with van der Waals surface area (Å²) in [5.41, 5.74) is 6.63. The number of nitrogens with one attached hydrogen (secondary N) is 2. The van der Waals surface area contributed by atoms with Gasteiger partial charge < -0.3 is 15.8 Å². The molecule has 1 fully saturated rings. The summed E-state index contributed by atoms with van der Waals surface area (Å²) in [6, 6.07) is 2.72. The van der Waals surface area contributed by atoms with E-state index in [0.717, 1.165) is 4.90 Å². The molecule has 0 spiro atoms. The number of hydrogen-bond acceptors (Lipinski definition) is 7. The second-order valence-corrected chi connectivity index (χ2v) is 6.45. The highest BCUT2D eigenvalue weighted by Gasteiger charge is 2.45. The van der Waals surface area contributed by atoms with Gasteiger partial charge in [0, 0.05) is 13.0 Å². The first-order valence-electron chi connectivity index (χ1n) is 8.85. The number of imide groups is 2. The number of piperidine rings is 1. The van der Waals surface area contributed by atoms with E-state index in [1.54, 1.807) is 19.1 Å². The Morgan fingerprint density at radius 2 is 2.07 bits per heavy atom. The Morgan fingerprint density at radius 1 is 1.32 bits per heavy atom. The third kappa shape index (κ3) is 3.46. The van der Waals surface area contributed by atoms with Crippen molar-refractivity contribution in [2.45, 2.75) is 31.8 Å². The molecule has 1 saturated heterocycles. The summed E-state index contributed by atoms with van der Waals surface area (Å²) < 4.78 is 5.01. The van der Waals surface area contributed by atoms with Gasteiger partial charge >= 0.3 is 6.09 Å². The molecular formula is C18H20N4O6. The quantitative estimate of drug-likeness (QED) is 0.593. The average Bonchev–Trinajstić information content (AvgIpc) is 2.91. The minimum absolute atomic E-state index is 0.0383. The highest BCUT2D eigenvalue weighted by molar-refractivity contribution is 6.24. The van der Waals surface area contributed by atoms with Gasteiger partial charge in [-0.2, -0.15) is 0 Å². The maximum Gasteiger partial charge on any atom is 0.407 e. The molecule has 5 amide bonds. The van der Waals surface area contributed by atoms with Crippen LogP contribution < -0.4 is 16.4 Å². The molecule has 10 nitrogen and oxygen atoms in total. The molecule has 3 rings (SSSR count). The molecule has 0 radical (unpaired) electrons. The third-order valence-corrected chi connectivity index (χ3v) is 4.61. The molecule has 1 aromatic carbocycles. The predicted molar refractivity (Wildman–Crippen MR) is 95.1 cm³/mol. The van der Waals surface area contributed by atoms with Gasteiger partial charge in [-0.25, -0.2) is 4.79 Å². The maximum atomic E-state index is 13.0. The van der Waals surface area contributed by atoms with Gasteiger partial charge in [-0.3, -0.25) is 29.4 Å². The smallest absolute Gasteiger partial charge is 0.407 e. The maximum absolute atomic E-state index is 13.0. The number of amides is 5. The Balaban J connectivity index is 1.85. The summed E-state index contributed by atoms with van der Waals surface area (Å²) in [6.07, 6.45) is -0.535. The van der Waals surface area contributed by atoms with Crippen LogP contribution in [0.3, 0.4) is 0 Å². The first kappa shape index (κ1) is 19.5. The fourth-order valence-corrected chi connectivity index (χ4v) is 3.30. The summed E-state index contributed by atoms with van der Waals surface area (Å²) in [4.78, 5) is 61.5. The van der Waals surface area contributed by atoms with E-state index in [4.69, 9.17) is 10.5 Å². The van der Waals surface area contributed by atoms with Crippen LogP contribution in [0.25, 0.3) is 0 Å². The van der Waals surface area contributed by atoms with Crippen molar-refractivity contribution in [3.05, 3.63) is 34.9 Å². The number of carbonyl (C=O) groups is 5. The van der Waals surface area contributed by atoms with Gasteiger partial charge in [0.05, 0.1) is 17.2 Å².